The number of halogens is 1. The number of rotatable bonds is 1. The van der Waals surface area contributed by atoms with Crippen LogP contribution in [0.25, 0.3) is 0 Å². The molecule has 0 unspecified atom stereocenters. The molecule has 0 heterocycles. The van der Waals surface area contributed by atoms with E-state index < -0.39 is 10.4 Å². The molecule has 0 atom stereocenters. The largest absolute Gasteiger partial charge is 0.502 e. The summed E-state index contributed by atoms with van der Waals surface area (Å²) in [6, 6.07) is 5.55. The zero-order valence-corrected chi connectivity index (χ0v) is 7.51. The van der Waals surface area contributed by atoms with Crippen LogP contribution in [-0.4, -0.2) is 20.6 Å². The molecule has 0 spiro atoms. The van der Waals surface area contributed by atoms with Crippen molar-refractivity contribution in [2.75, 3.05) is 0 Å². The lowest BCUT2D eigenvalue weighted by atomic mass is 10.3. The van der Waals surface area contributed by atoms with Crippen molar-refractivity contribution in [3.8, 4) is 5.75 Å². The number of phenols is 1. The van der Waals surface area contributed by atoms with Crippen molar-refractivity contribution in [3.05, 3.63) is 34.4 Å². The molecule has 0 radical (unpaired) electrons. The van der Waals surface area contributed by atoms with Crippen molar-refractivity contribution in [1.29, 1.82) is 0 Å². The summed E-state index contributed by atoms with van der Waals surface area (Å²) in [5, 5.41) is 26.1. The zero-order valence-electron chi connectivity index (χ0n) is 6.75. The summed E-state index contributed by atoms with van der Waals surface area (Å²) in [5.41, 5.74) is -1.62. The van der Waals surface area contributed by atoms with Gasteiger partial charge in [0.25, 0.3) is 0 Å². The van der Waals surface area contributed by atoms with Crippen LogP contribution in [0.1, 0.15) is 0 Å². The van der Waals surface area contributed by atoms with Gasteiger partial charge in [-0.05, 0) is 6.07 Å². The number of hydrogen-bond donors (Lipinski definition) is 2. The average Bonchev–Trinajstić information content (AvgIpc) is 2.03. The topological polar surface area (TPSA) is 101 Å². The van der Waals surface area contributed by atoms with Gasteiger partial charge in [0.1, 0.15) is 0 Å². The van der Waals surface area contributed by atoms with Crippen LogP contribution in [0, 0.1) is 10.1 Å². The highest BCUT2D eigenvalue weighted by Gasteiger charge is 2.09. The lowest BCUT2D eigenvalue weighted by molar-refractivity contribution is -0.385. The van der Waals surface area contributed by atoms with Gasteiger partial charge in [0.05, 0.1) is 4.92 Å². The molecule has 7 heteroatoms. The molecule has 0 aliphatic rings. The molecule has 0 bridgehead atoms. The minimum absolute atomic E-state index is 0.262. The third-order valence-electron chi connectivity index (χ3n) is 1.08. The van der Waals surface area contributed by atoms with Crippen LogP contribution in [-0.2, 0) is 0 Å². The quantitative estimate of drug-likeness (QED) is 0.428. The highest BCUT2D eigenvalue weighted by Crippen LogP contribution is 2.23. The second-order valence-corrected chi connectivity index (χ2v) is 2.32. The Bertz CT molecular complexity index is 337. The normalized spacial score (nSPS) is 8.36. The fourth-order valence-electron chi connectivity index (χ4n) is 0.619. The average molecular weight is 220 g/mol. The molecule has 0 aromatic heterocycles. The fraction of sp³-hybridized carbons (Fsp3) is 0. The predicted octanol–water partition coefficient (Wildman–Crippen LogP) is 2.20. The third-order valence-corrected chi connectivity index (χ3v) is 1.08. The SMILES string of the molecule is O=C(O)Cl.O=[N+]([O-])c1ccccc1O. The minimum atomic E-state index is -1.36. The molecule has 0 aliphatic heterocycles. The molecule has 2 N–H and O–H groups in total. The number of benzene rings is 1. The van der Waals surface area contributed by atoms with Crippen LogP contribution >= 0.6 is 11.6 Å². The number of carbonyl (C=O) groups is 1. The van der Waals surface area contributed by atoms with Gasteiger partial charge in [0, 0.05) is 17.7 Å². The molecule has 76 valence electrons. The standard InChI is InChI=1S/C6H5NO3.CHClO2/c8-6-4-2-1-3-5(6)7(9)10;2-1(3)4/h1-4,8H;(H,3,4). The predicted molar refractivity (Wildman–Crippen MR) is 48.6 cm³/mol. The van der Waals surface area contributed by atoms with E-state index in [1.165, 1.54) is 24.3 Å². The smallest absolute Gasteiger partial charge is 0.401 e. The first-order valence-corrected chi connectivity index (χ1v) is 3.63. The minimum Gasteiger partial charge on any atom is -0.502 e. The van der Waals surface area contributed by atoms with E-state index in [0.29, 0.717) is 0 Å². The Morgan fingerprint density at radius 3 is 2.14 bits per heavy atom. The van der Waals surface area contributed by atoms with Crippen LogP contribution in [0.15, 0.2) is 24.3 Å². The van der Waals surface area contributed by atoms with E-state index in [0.717, 1.165) is 0 Å². The maximum absolute atomic E-state index is 10.1. The molecule has 6 nitrogen and oxygen atoms in total. The molecule has 14 heavy (non-hydrogen) atoms. The maximum Gasteiger partial charge on any atom is 0.401 e. The first kappa shape index (κ1) is 12.2. The summed E-state index contributed by atoms with van der Waals surface area (Å²) in [4.78, 5) is 18.2. The van der Waals surface area contributed by atoms with Crippen molar-refractivity contribution in [2.24, 2.45) is 0 Å². The Morgan fingerprint density at radius 2 is 1.86 bits per heavy atom. The number of carboxylic acid groups (broad SMARTS) is 1. The Hall–Kier alpha value is -1.82. The summed E-state index contributed by atoms with van der Waals surface area (Å²) in [6.07, 6.45) is 0. The molecule has 0 saturated heterocycles. The number of phenolic OH excluding ortho intramolecular Hbond substituents is 1. The van der Waals surface area contributed by atoms with Gasteiger partial charge in [-0.2, -0.15) is 0 Å². The number of aromatic hydroxyl groups is 1. The van der Waals surface area contributed by atoms with Crippen molar-refractivity contribution < 1.29 is 19.9 Å². The Kier molecular flexibility index (Phi) is 5.01. The summed E-state index contributed by atoms with van der Waals surface area (Å²) in [5.74, 6) is -0.299. The molecule has 1 aromatic rings. The van der Waals surface area contributed by atoms with Gasteiger partial charge in [-0.15, -0.1) is 0 Å². The van der Waals surface area contributed by atoms with E-state index in [-0.39, 0.29) is 11.4 Å². The van der Waals surface area contributed by atoms with Gasteiger partial charge >= 0.3 is 11.1 Å². The van der Waals surface area contributed by atoms with Gasteiger partial charge in [0.15, 0.2) is 5.75 Å². The molecule has 0 amide bonds. The molecule has 0 fully saturated rings. The number of nitro groups is 1. The molecule has 1 rings (SSSR count). The number of nitrogens with zero attached hydrogens (tertiary/aromatic N) is 1. The monoisotopic (exact) mass is 219 g/mol. The van der Waals surface area contributed by atoms with Crippen LogP contribution in [0.3, 0.4) is 0 Å². The third kappa shape index (κ3) is 4.94. The van der Waals surface area contributed by atoms with Crippen molar-refractivity contribution >= 4 is 22.7 Å². The molecule has 1 aromatic carbocycles. The van der Waals surface area contributed by atoms with E-state index in [2.05, 4.69) is 11.6 Å². The second kappa shape index (κ2) is 5.76. The highest BCUT2D eigenvalue weighted by molar-refractivity contribution is 6.60. The fourth-order valence-corrected chi connectivity index (χ4v) is 0.619. The van der Waals surface area contributed by atoms with Gasteiger partial charge in [-0.1, -0.05) is 12.1 Å². The van der Waals surface area contributed by atoms with Gasteiger partial charge in [-0.3, -0.25) is 10.1 Å². The van der Waals surface area contributed by atoms with E-state index in [9.17, 15) is 10.1 Å². The number of nitro benzene ring substituents is 1. The summed E-state index contributed by atoms with van der Waals surface area (Å²) >= 11 is 4.19. The first-order chi connectivity index (χ1) is 6.45. The van der Waals surface area contributed by atoms with Crippen molar-refractivity contribution in [2.45, 2.75) is 0 Å². The van der Waals surface area contributed by atoms with Crippen LogP contribution in [0.4, 0.5) is 10.5 Å². The Balaban J connectivity index is 0.000000364. The van der Waals surface area contributed by atoms with Crippen LogP contribution in [0.2, 0.25) is 0 Å². The second-order valence-electron chi connectivity index (χ2n) is 2.00. The van der Waals surface area contributed by atoms with E-state index >= 15 is 0 Å². The van der Waals surface area contributed by atoms with Crippen LogP contribution < -0.4 is 0 Å². The van der Waals surface area contributed by atoms with E-state index in [4.69, 9.17) is 15.0 Å². The Morgan fingerprint density at radius 1 is 1.43 bits per heavy atom. The van der Waals surface area contributed by atoms with E-state index in [1.54, 1.807) is 0 Å². The van der Waals surface area contributed by atoms with E-state index in [1.807, 2.05) is 0 Å². The van der Waals surface area contributed by atoms with Gasteiger partial charge in [0.2, 0.25) is 0 Å². The lowest BCUT2D eigenvalue weighted by Crippen LogP contribution is -1.86. The number of para-hydroxylation sites is 2. The summed E-state index contributed by atoms with van der Waals surface area (Å²) in [7, 11) is 0. The zero-order chi connectivity index (χ0) is 11.1. The Labute approximate surface area is 83.5 Å². The lowest BCUT2D eigenvalue weighted by Gasteiger charge is -1.91. The van der Waals surface area contributed by atoms with Crippen molar-refractivity contribution in [3.63, 3.8) is 0 Å². The van der Waals surface area contributed by atoms with Gasteiger partial charge in [-0.25, -0.2) is 4.79 Å². The first-order valence-electron chi connectivity index (χ1n) is 3.26. The van der Waals surface area contributed by atoms with Gasteiger partial charge < -0.3 is 10.2 Å². The maximum atomic E-state index is 10.1. The summed E-state index contributed by atoms with van der Waals surface area (Å²) in [6.45, 7) is 0. The molecule has 0 saturated carbocycles. The highest BCUT2D eigenvalue weighted by atomic mass is 35.5. The molecular weight excluding hydrogens is 214 g/mol. The van der Waals surface area contributed by atoms with Crippen molar-refractivity contribution in [1.82, 2.24) is 0 Å². The number of hydrogen-bond acceptors (Lipinski definition) is 4. The molecular formula is C7H6ClNO5. The molecule has 0 aliphatic carbocycles. The van der Waals surface area contributed by atoms with Crippen LogP contribution in [0.5, 0.6) is 5.75 Å². The summed E-state index contributed by atoms with van der Waals surface area (Å²) < 4.78 is 0.